The quantitative estimate of drug-likeness (QED) is 0.926. The van der Waals surface area contributed by atoms with E-state index in [0.29, 0.717) is 0 Å². The standard InChI is InChI=1S/C10H10BrNOS/c1-12-10(7-2-3-13-4-7)8-5-14-6-9(8)11/h2-6,10,12H,1H3. The van der Waals surface area contributed by atoms with Gasteiger partial charge in [0, 0.05) is 15.4 Å². The normalized spacial score (nSPS) is 13.0. The van der Waals surface area contributed by atoms with E-state index >= 15 is 0 Å². The Balaban J connectivity index is 2.36. The smallest absolute Gasteiger partial charge is 0.0953 e. The molecule has 0 saturated heterocycles. The maximum absolute atomic E-state index is 5.08. The lowest BCUT2D eigenvalue weighted by molar-refractivity contribution is 0.557. The van der Waals surface area contributed by atoms with E-state index in [0.717, 1.165) is 10.0 Å². The third-order valence-corrected chi connectivity index (χ3v) is 3.87. The van der Waals surface area contributed by atoms with Crippen molar-refractivity contribution in [3.05, 3.63) is 45.0 Å². The highest BCUT2D eigenvalue weighted by Crippen LogP contribution is 2.31. The molecule has 2 nitrogen and oxygen atoms in total. The molecule has 0 bridgehead atoms. The SMILES string of the molecule is CNC(c1ccoc1)c1cscc1Br. The van der Waals surface area contributed by atoms with E-state index in [4.69, 9.17) is 4.42 Å². The number of hydrogen-bond acceptors (Lipinski definition) is 3. The van der Waals surface area contributed by atoms with Crippen LogP contribution in [-0.4, -0.2) is 7.05 Å². The summed E-state index contributed by atoms with van der Waals surface area (Å²) >= 11 is 5.22. The van der Waals surface area contributed by atoms with Crippen LogP contribution in [0.5, 0.6) is 0 Å². The van der Waals surface area contributed by atoms with Gasteiger partial charge in [-0.1, -0.05) is 0 Å². The zero-order chi connectivity index (χ0) is 9.97. The lowest BCUT2D eigenvalue weighted by Gasteiger charge is -2.13. The fraction of sp³-hybridized carbons (Fsp3) is 0.200. The van der Waals surface area contributed by atoms with Crippen molar-refractivity contribution in [1.29, 1.82) is 0 Å². The molecule has 0 radical (unpaired) electrons. The van der Waals surface area contributed by atoms with Crippen LogP contribution in [-0.2, 0) is 0 Å². The van der Waals surface area contributed by atoms with Crippen LogP contribution < -0.4 is 5.32 Å². The second-order valence-electron chi connectivity index (χ2n) is 2.95. The van der Waals surface area contributed by atoms with Gasteiger partial charge in [0.2, 0.25) is 0 Å². The Kier molecular flexibility index (Phi) is 3.05. The molecule has 1 unspecified atom stereocenters. The fourth-order valence-corrected chi connectivity index (χ4v) is 2.99. The van der Waals surface area contributed by atoms with Gasteiger partial charge >= 0.3 is 0 Å². The molecule has 2 aromatic rings. The van der Waals surface area contributed by atoms with E-state index in [1.54, 1.807) is 23.9 Å². The van der Waals surface area contributed by atoms with E-state index in [-0.39, 0.29) is 6.04 Å². The Morgan fingerprint density at radius 2 is 2.36 bits per heavy atom. The summed E-state index contributed by atoms with van der Waals surface area (Å²) < 4.78 is 6.23. The molecular weight excluding hydrogens is 262 g/mol. The number of furan rings is 1. The van der Waals surface area contributed by atoms with Crippen LogP contribution in [0.25, 0.3) is 0 Å². The molecule has 0 aliphatic carbocycles. The average molecular weight is 272 g/mol. The van der Waals surface area contributed by atoms with Crippen molar-refractivity contribution in [1.82, 2.24) is 5.32 Å². The molecule has 0 aliphatic heterocycles. The first-order valence-corrected chi connectivity index (χ1v) is 5.97. The van der Waals surface area contributed by atoms with Gasteiger partial charge in [-0.05, 0) is 40.0 Å². The summed E-state index contributed by atoms with van der Waals surface area (Å²) in [6.45, 7) is 0. The van der Waals surface area contributed by atoms with Crippen LogP contribution in [0, 0.1) is 0 Å². The van der Waals surface area contributed by atoms with Crippen LogP contribution in [0.2, 0.25) is 0 Å². The molecule has 2 rings (SSSR count). The Morgan fingerprint density at radius 1 is 1.50 bits per heavy atom. The first kappa shape index (κ1) is 9.96. The van der Waals surface area contributed by atoms with Crippen molar-refractivity contribution >= 4 is 27.3 Å². The molecule has 4 heteroatoms. The zero-order valence-corrected chi connectivity index (χ0v) is 10.1. The zero-order valence-electron chi connectivity index (χ0n) is 7.66. The van der Waals surface area contributed by atoms with Crippen LogP contribution in [0.15, 0.2) is 38.2 Å². The summed E-state index contributed by atoms with van der Waals surface area (Å²) in [6, 6.07) is 2.18. The lowest BCUT2D eigenvalue weighted by Crippen LogP contribution is -2.16. The third-order valence-electron chi connectivity index (χ3n) is 2.12. The molecular formula is C10H10BrNOS. The molecule has 14 heavy (non-hydrogen) atoms. The van der Waals surface area contributed by atoms with Crippen LogP contribution in [0.3, 0.4) is 0 Å². The van der Waals surface area contributed by atoms with Gasteiger partial charge in [0.1, 0.15) is 0 Å². The molecule has 74 valence electrons. The predicted octanol–water partition coefficient (Wildman–Crippen LogP) is 3.41. The highest BCUT2D eigenvalue weighted by molar-refractivity contribution is 9.10. The van der Waals surface area contributed by atoms with Gasteiger partial charge in [0.05, 0.1) is 18.6 Å². The molecule has 0 aliphatic rings. The first-order valence-electron chi connectivity index (χ1n) is 4.24. The molecule has 0 saturated carbocycles. The van der Waals surface area contributed by atoms with Crippen molar-refractivity contribution in [2.45, 2.75) is 6.04 Å². The summed E-state index contributed by atoms with van der Waals surface area (Å²) in [5, 5.41) is 7.48. The average Bonchev–Trinajstić information content (AvgIpc) is 2.80. The minimum absolute atomic E-state index is 0.203. The number of thiophene rings is 1. The maximum atomic E-state index is 5.08. The highest BCUT2D eigenvalue weighted by atomic mass is 79.9. The Bertz CT molecular complexity index is 396. The number of rotatable bonds is 3. The Labute approximate surface area is 95.1 Å². The number of hydrogen-bond donors (Lipinski definition) is 1. The summed E-state index contributed by atoms with van der Waals surface area (Å²) in [6.07, 6.45) is 3.46. The van der Waals surface area contributed by atoms with Crippen molar-refractivity contribution in [2.75, 3.05) is 7.05 Å². The Hall–Kier alpha value is -0.580. The van der Waals surface area contributed by atoms with E-state index in [1.807, 2.05) is 13.1 Å². The second kappa shape index (κ2) is 4.29. The van der Waals surface area contributed by atoms with Crippen LogP contribution in [0.1, 0.15) is 17.2 Å². The second-order valence-corrected chi connectivity index (χ2v) is 4.55. The summed E-state index contributed by atoms with van der Waals surface area (Å²) in [5.74, 6) is 0. The molecule has 2 heterocycles. The molecule has 1 N–H and O–H groups in total. The fourth-order valence-electron chi connectivity index (χ4n) is 1.44. The van der Waals surface area contributed by atoms with Gasteiger partial charge in [-0.2, -0.15) is 11.3 Å². The van der Waals surface area contributed by atoms with Gasteiger partial charge in [0.15, 0.2) is 0 Å². The third kappa shape index (κ3) is 1.78. The molecule has 0 fully saturated rings. The van der Waals surface area contributed by atoms with E-state index in [9.17, 15) is 0 Å². The topological polar surface area (TPSA) is 25.2 Å². The highest BCUT2D eigenvalue weighted by Gasteiger charge is 2.16. The summed E-state index contributed by atoms with van der Waals surface area (Å²) in [4.78, 5) is 0. The van der Waals surface area contributed by atoms with Crippen LogP contribution >= 0.6 is 27.3 Å². The van der Waals surface area contributed by atoms with Crippen molar-refractivity contribution in [2.24, 2.45) is 0 Å². The molecule has 1 atom stereocenters. The molecule has 0 aromatic carbocycles. The van der Waals surface area contributed by atoms with Crippen molar-refractivity contribution in [3.63, 3.8) is 0 Å². The summed E-state index contributed by atoms with van der Waals surface area (Å²) in [7, 11) is 1.95. The van der Waals surface area contributed by atoms with Crippen molar-refractivity contribution in [3.8, 4) is 0 Å². The van der Waals surface area contributed by atoms with Crippen molar-refractivity contribution < 1.29 is 4.42 Å². The van der Waals surface area contributed by atoms with Gasteiger partial charge in [-0.15, -0.1) is 0 Å². The van der Waals surface area contributed by atoms with E-state index < -0.39 is 0 Å². The monoisotopic (exact) mass is 271 g/mol. The first-order chi connectivity index (χ1) is 6.83. The van der Waals surface area contributed by atoms with E-state index in [2.05, 4.69) is 32.0 Å². The number of halogens is 1. The van der Waals surface area contributed by atoms with E-state index in [1.165, 1.54) is 5.56 Å². The van der Waals surface area contributed by atoms with Gasteiger partial charge in [-0.25, -0.2) is 0 Å². The predicted molar refractivity (Wildman–Crippen MR) is 61.6 cm³/mol. The van der Waals surface area contributed by atoms with Crippen LogP contribution in [0.4, 0.5) is 0 Å². The largest absolute Gasteiger partial charge is 0.472 e. The minimum atomic E-state index is 0.203. The summed E-state index contributed by atoms with van der Waals surface area (Å²) in [5.41, 5.74) is 2.39. The minimum Gasteiger partial charge on any atom is -0.472 e. The molecule has 2 aromatic heterocycles. The van der Waals surface area contributed by atoms with Gasteiger partial charge < -0.3 is 9.73 Å². The van der Waals surface area contributed by atoms with Gasteiger partial charge in [-0.3, -0.25) is 0 Å². The maximum Gasteiger partial charge on any atom is 0.0953 e. The molecule has 0 spiro atoms. The molecule has 0 amide bonds. The lowest BCUT2D eigenvalue weighted by atomic mass is 10.1. The Morgan fingerprint density at radius 3 is 2.86 bits per heavy atom. The van der Waals surface area contributed by atoms with Gasteiger partial charge in [0.25, 0.3) is 0 Å². The number of nitrogens with one attached hydrogen (secondary N) is 1.